The van der Waals surface area contributed by atoms with Gasteiger partial charge in [0.2, 0.25) is 0 Å². The van der Waals surface area contributed by atoms with Crippen LogP contribution in [0.25, 0.3) is 176 Å². The van der Waals surface area contributed by atoms with Gasteiger partial charge in [-0.1, -0.05) is 317 Å². The van der Waals surface area contributed by atoms with Crippen molar-refractivity contribution >= 4 is 99.0 Å². The fourth-order valence-corrected chi connectivity index (χ4v) is 19.8. The molecule has 2 heterocycles. The van der Waals surface area contributed by atoms with Gasteiger partial charge in [0.05, 0.1) is 11.0 Å². The summed E-state index contributed by atoms with van der Waals surface area (Å²) in [7, 11) is 0. The SMILES string of the molecule is CC1(C)c2ccccc2-c2ccc(N(c3ccccc3)c3ccc(-c4ccc(-n5cc6c7c(cccc75)-c5c(c7ccccc7c7ccccc57)-c5ccccc5-6)cc4)cc3)cc21.c1ccc(N(c2ccccc2)c2ccc(-c3ccc(-n4cc5c6c(cccc64)-c4c(c6ccccc6c6ccccc46)-c4ccccc4-5)cc3)cc2)cc1. The van der Waals surface area contributed by atoms with E-state index in [0.717, 1.165) is 45.5 Å². The van der Waals surface area contributed by atoms with Crippen LogP contribution in [0.5, 0.6) is 0 Å². The summed E-state index contributed by atoms with van der Waals surface area (Å²) >= 11 is 0. The Morgan fingerprint density at radius 1 is 0.197 bits per heavy atom. The zero-order valence-electron chi connectivity index (χ0n) is 64.7. The molecule has 0 saturated heterocycles. The number of hydrogen-bond acceptors (Lipinski definition) is 2. The lowest BCUT2D eigenvalue weighted by atomic mass is 9.82. The molecule has 19 aromatic carbocycles. The van der Waals surface area contributed by atoms with Crippen LogP contribution in [0.3, 0.4) is 0 Å². The predicted molar refractivity (Wildman–Crippen MR) is 494 cm³/mol. The van der Waals surface area contributed by atoms with E-state index in [-0.39, 0.29) is 5.41 Å². The third kappa shape index (κ3) is 10.8. The van der Waals surface area contributed by atoms with Gasteiger partial charge < -0.3 is 18.9 Å². The lowest BCUT2D eigenvalue weighted by Crippen LogP contribution is -2.16. The Morgan fingerprint density at radius 3 is 0.872 bits per heavy atom. The van der Waals surface area contributed by atoms with Gasteiger partial charge in [0.15, 0.2) is 0 Å². The standard InChI is InChI=1S/C61H42N2.C52H34N2/c1-61(2)55-25-13-12-20-48(55)49-36-35-44(37-56(49)61)63(42-15-4-3-5-16-42)43-33-29-40(30-34-43)39-27-31-41(32-28-39)62-38-54-47-19-8-11-23-52(47)59-50-21-9-6-17-45(50)46-18-7-10-22-51(46)60(59)53-24-14-26-57(62)58(53)54;1-3-14-38(15-4-1)54(39-16-5-2-6-17-39)40-32-28-36(29-33-40)35-26-30-37(31-27-35)53-34-48-43-20-9-12-23-46(43)51-44-21-10-7-18-41(44)42-19-8-11-22-45(42)52(51)47-24-13-25-49(53)50(47)48/h3-38H,1-2H3;1-34H. The van der Waals surface area contributed by atoms with E-state index in [9.17, 15) is 0 Å². The van der Waals surface area contributed by atoms with Crippen molar-refractivity contribution in [2.75, 3.05) is 9.80 Å². The summed E-state index contributed by atoms with van der Waals surface area (Å²) in [5, 5.41) is 12.9. The Hall–Kier alpha value is -15.1. The molecule has 0 N–H and O–H groups in total. The molecule has 0 aliphatic heterocycles. The number of rotatable bonds is 10. The molecule has 4 nitrogen and oxygen atoms in total. The molecule has 0 radical (unpaired) electrons. The van der Waals surface area contributed by atoms with Crippen LogP contribution in [0.1, 0.15) is 25.0 Å². The van der Waals surface area contributed by atoms with Crippen LogP contribution >= 0.6 is 0 Å². The van der Waals surface area contributed by atoms with Gasteiger partial charge in [-0.15, -0.1) is 0 Å². The second-order valence-electron chi connectivity index (χ2n) is 31.8. The van der Waals surface area contributed by atoms with E-state index in [4.69, 9.17) is 0 Å². The van der Waals surface area contributed by atoms with Crippen LogP contribution in [-0.4, -0.2) is 9.13 Å². The van der Waals surface area contributed by atoms with Crippen LogP contribution in [0, 0.1) is 0 Å². The monoisotopic (exact) mass is 1490 g/mol. The zero-order valence-corrected chi connectivity index (χ0v) is 64.7. The second-order valence-corrected chi connectivity index (χ2v) is 31.8. The summed E-state index contributed by atoms with van der Waals surface area (Å²) in [6.45, 7) is 4.70. The van der Waals surface area contributed by atoms with Crippen LogP contribution < -0.4 is 9.80 Å². The Kier molecular flexibility index (Phi) is 15.6. The van der Waals surface area contributed by atoms with Gasteiger partial charge >= 0.3 is 0 Å². The highest BCUT2D eigenvalue weighted by Crippen LogP contribution is 2.57. The van der Waals surface area contributed by atoms with Crippen molar-refractivity contribution in [2.24, 2.45) is 0 Å². The van der Waals surface area contributed by atoms with Crippen molar-refractivity contribution in [3.63, 3.8) is 0 Å². The van der Waals surface area contributed by atoms with Gasteiger partial charge in [0.1, 0.15) is 0 Å². The molecule has 0 bridgehead atoms. The fourth-order valence-electron chi connectivity index (χ4n) is 19.8. The average molecular weight is 1490 g/mol. The van der Waals surface area contributed by atoms with Crippen LogP contribution in [0.15, 0.2) is 425 Å². The van der Waals surface area contributed by atoms with E-state index in [0.29, 0.717) is 0 Å². The summed E-state index contributed by atoms with van der Waals surface area (Å²) < 4.78 is 4.77. The summed E-state index contributed by atoms with van der Waals surface area (Å²) in [6.07, 6.45) is 4.72. The molecule has 0 spiro atoms. The predicted octanol–water partition coefficient (Wildman–Crippen LogP) is 31.1. The van der Waals surface area contributed by atoms with Crippen molar-refractivity contribution in [3.05, 3.63) is 436 Å². The summed E-state index contributed by atoms with van der Waals surface area (Å²) in [5.74, 6) is 0. The number of benzene rings is 19. The third-order valence-electron chi connectivity index (χ3n) is 25.1. The van der Waals surface area contributed by atoms with Gasteiger partial charge in [-0.05, 0) is 252 Å². The molecule has 21 aromatic rings. The number of fused-ring (bicyclic) bond motifs is 23. The lowest BCUT2D eigenvalue weighted by Gasteiger charge is -2.28. The molecule has 0 unspecified atom stereocenters. The van der Waals surface area contributed by atoms with E-state index in [1.807, 2.05) is 0 Å². The summed E-state index contributed by atoms with van der Waals surface area (Å²) in [4.78, 5) is 4.68. The number of hydrogen-bond donors (Lipinski definition) is 0. The average Bonchev–Trinajstić information content (AvgIpc) is 1.59. The lowest BCUT2D eigenvalue weighted by molar-refractivity contribution is 0.660. The van der Waals surface area contributed by atoms with Crippen molar-refractivity contribution in [2.45, 2.75) is 19.3 Å². The molecule has 548 valence electrons. The maximum absolute atomic E-state index is 2.40. The molecule has 2 aromatic heterocycles. The zero-order chi connectivity index (χ0) is 77.4. The van der Waals surface area contributed by atoms with Crippen molar-refractivity contribution in [3.8, 4) is 112 Å². The first kappa shape index (κ1) is 67.6. The van der Waals surface area contributed by atoms with E-state index in [2.05, 4.69) is 458 Å². The molecule has 117 heavy (non-hydrogen) atoms. The molecular weight excluding hydrogens is 1410 g/mol. The molecule has 0 fully saturated rings. The molecular formula is C113H76N4. The van der Waals surface area contributed by atoms with Crippen molar-refractivity contribution in [1.29, 1.82) is 0 Å². The highest BCUT2D eigenvalue weighted by molar-refractivity contribution is 6.29. The summed E-state index contributed by atoms with van der Waals surface area (Å²) in [5.41, 5.74) is 37.1. The normalized spacial score (nSPS) is 12.4. The van der Waals surface area contributed by atoms with Crippen LogP contribution in [0.4, 0.5) is 34.1 Å². The minimum atomic E-state index is -0.0766. The fraction of sp³-hybridized carbons (Fsp3) is 0.0265. The topological polar surface area (TPSA) is 16.3 Å². The van der Waals surface area contributed by atoms with Gasteiger partial charge in [-0.3, -0.25) is 0 Å². The first-order valence-corrected chi connectivity index (χ1v) is 40.6. The molecule has 24 rings (SSSR count). The Balaban J connectivity index is 0.000000139. The van der Waals surface area contributed by atoms with Gasteiger partial charge in [0, 0.05) is 85.2 Å². The van der Waals surface area contributed by atoms with Gasteiger partial charge in [-0.25, -0.2) is 0 Å². The second kappa shape index (κ2) is 27.1. The molecule has 3 aliphatic rings. The maximum Gasteiger partial charge on any atom is 0.0541 e. The number of anilines is 6. The first-order chi connectivity index (χ1) is 57.8. The van der Waals surface area contributed by atoms with Crippen LogP contribution in [-0.2, 0) is 5.41 Å². The summed E-state index contributed by atoms with van der Waals surface area (Å²) in [6, 6.07) is 151. The van der Waals surface area contributed by atoms with Gasteiger partial charge in [-0.2, -0.15) is 0 Å². The Bertz CT molecular complexity index is 7500. The largest absolute Gasteiger partial charge is 0.316 e. The van der Waals surface area contributed by atoms with Crippen molar-refractivity contribution in [1.82, 2.24) is 9.13 Å². The Labute approximate surface area is 680 Å². The minimum absolute atomic E-state index is 0.0766. The molecule has 0 atom stereocenters. The minimum Gasteiger partial charge on any atom is -0.316 e. The van der Waals surface area contributed by atoms with E-state index in [1.165, 1.54) is 176 Å². The first-order valence-electron chi connectivity index (χ1n) is 40.6. The van der Waals surface area contributed by atoms with Gasteiger partial charge in [0.25, 0.3) is 0 Å². The molecule has 4 heteroatoms. The number of para-hydroxylation sites is 3. The number of aromatic nitrogens is 2. The smallest absolute Gasteiger partial charge is 0.0541 e. The highest BCUT2D eigenvalue weighted by Gasteiger charge is 2.37. The quantitative estimate of drug-likeness (QED) is 0.127. The molecule has 0 saturated carbocycles. The van der Waals surface area contributed by atoms with Crippen LogP contribution in [0.2, 0.25) is 0 Å². The molecule has 0 amide bonds. The third-order valence-corrected chi connectivity index (χ3v) is 25.1. The highest BCUT2D eigenvalue weighted by atomic mass is 15.1. The van der Waals surface area contributed by atoms with E-state index in [1.54, 1.807) is 0 Å². The number of nitrogens with zero attached hydrogens (tertiary/aromatic N) is 4. The van der Waals surface area contributed by atoms with E-state index >= 15 is 0 Å². The Morgan fingerprint density at radius 2 is 0.479 bits per heavy atom. The van der Waals surface area contributed by atoms with E-state index < -0.39 is 0 Å². The van der Waals surface area contributed by atoms with Crippen molar-refractivity contribution < 1.29 is 0 Å². The molecule has 3 aliphatic carbocycles. The maximum atomic E-state index is 2.40.